The molecule has 2 heterocycles. The fraction of sp³-hybridized carbons (Fsp3) is 0.417. The van der Waals surface area contributed by atoms with Gasteiger partial charge in [-0.15, -0.1) is 0 Å². The number of aliphatic hydroxyl groups is 4. The van der Waals surface area contributed by atoms with Crippen molar-refractivity contribution in [3.8, 4) is 0 Å². The summed E-state index contributed by atoms with van der Waals surface area (Å²) in [5, 5.41) is 40.3. The van der Waals surface area contributed by atoms with Crippen LogP contribution in [0.2, 0.25) is 10.0 Å². The van der Waals surface area contributed by atoms with Crippen molar-refractivity contribution in [3.05, 3.63) is 26.9 Å². The van der Waals surface area contributed by atoms with Crippen LogP contribution >= 0.6 is 35.4 Å². The molecule has 0 bridgehead atoms. The number of hydrogen-bond donors (Lipinski definition) is 5. The first-order chi connectivity index (χ1) is 10.3. The molecule has 1 saturated heterocycles. The highest BCUT2D eigenvalue weighted by molar-refractivity contribution is 7.71. The number of nitrogens with zero attached hydrogens (tertiary/aromatic N) is 1. The van der Waals surface area contributed by atoms with Crippen LogP contribution in [0, 0.1) is 4.77 Å². The maximum atomic E-state index is 10.7. The van der Waals surface area contributed by atoms with Crippen molar-refractivity contribution in [2.45, 2.75) is 24.2 Å². The largest absolute Gasteiger partial charge is 0.394 e. The molecule has 7 nitrogen and oxygen atoms in total. The van der Waals surface area contributed by atoms with Crippen LogP contribution in [0.15, 0.2) is 12.1 Å². The number of aliphatic hydroxyl groups excluding tert-OH is 3. The van der Waals surface area contributed by atoms with Crippen LogP contribution in [0.3, 0.4) is 0 Å². The topological polar surface area (TPSA) is 111 Å². The number of aromatic amines is 1. The van der Waals surface area contributed by atoms with E-state index in [1.54, 1.807) is 0 Å². The van der Waals surface area contributed by atoms with Gasteiger partial charge in [0, 0.05) is 0 Å². The number of aromatic nitrogens is 2. The molecule has 0 saturated carbocycles. The molecular weight excluding hydrogens is 355 g/mol. The summed E-state index contributed by atoms with van der Waals surface area (Å²) >= 11 is 17.0. The molecule has 0 amide bonds. The van der Waals surface area contributed by atoms with E-state index in [4.69, 9.17) is 45.3 Å². The van der Waals surface area contributed by atoms with Gasteiger partial charge in [0.15, 0.2) is 10.9 Å². The second kappa shape index (κ2) is 5.43. The first-order valence-corrected chi connectivity index (χ1v) is 7.43. The molecule has 1 fully saturated rings. The molecule has 4 atom stereocenters. The van der Waals surface area contributed by atoms with Crippen LogP contribution in [0.25, 0.3) is 11.0 Å². The number of H-pyrrole nitrogens is 1. The van der Waals surface area contributed by atoms with Gasteiger partial charge in [-0.3, -0.25) is 4.57 Å². The van der Waals surface area contributed by atoms with E-state index in [9.17, 15) is 15.3 Å². The predicted molar refractivity (Wildman–Crippen MR) is 81.3 cm³/mol. The second-order valence-corrected chi connectivity index (χ2v) is 6.18. The highest BCUT2D eigenvalue weighted by Crippen LogP contribution is 2.37. The van der Waals surface area contributed by atoms with Gasteiger partial charge in [0.25, 0.3) is 5.91 Å². The number of ether oxygens (including phenoxy) is 1. The van der Waals surface area contributed by atoms with E-state index in [-0.39, 0.29) is 14.8 Å². The summed E-state index contributed by atoms with van der Waals surface area (Å²) in [5.41, 5.74) is 0.789. The molecule has 0 spiro atoms. The van der Waals surface area contributed by atoms with E-state index < -0.39 is 30.8 Å². The standard InChI is InChI=1S/C12H12Cl2N2O5S/c13-4-1-6-7(2-5(4)14)16(11(22)15-6)12(20)10(19)9(18)8(3-17)21-12/h1-2,8-10,17-20H,3H2,(H,15,22)/t8-,9+,10+,12-/m0/s1. The third-order valence-electron chi connectivity index (χ3n) is 3.64. The lowest BCUT2D eigenvalue weighted by atomic mass is 10.1. The van der Waals surface area contributed by atoms with Gasteiger partial charge >= 0.3 is 0 Å². The summed E-state index contributed by atoms with van der Waals surface area (Å²) in [4.78, 5) is 2.80. The highest BCUT2D eigenvalue weighted by Gasteiger charge is 2.55. The minimum absolute atomic E-state index is 0.0284. The fourth-order valence-corrected chi connectivity index (χ4v) is 3.20. The third-order valence-corrected chi connectivity index (χ3v) is 4.65. The zero-order valence-corrected chi connectivity index (χ0v) is 13.2. The lowest BCUT2D eigenvalue weighted by Gasteiger charge is -2.27. The van der Waals surface area contributed by atoms with Gasteiger partial charge in [0.05, 0.1) is 27.7 Å². The molecule has 10 heteroatoms. The Balaban J connectivity index is 2.24. The molecule has 1 aliphatic heterocycles. The Morgan fingerprint density at radius 1 is 1.32 bits per heavy atom. The van der Waals surface area contributed by atoms with Gasteiger partial charge in [0.2, 0.25) is 0 Å². The molecule has 3 rings (SSSR count). The van der Waals surface area contributed by atoms with Gasteiger partial charge in [0.1, 0.15) is 12.2 Å². The van der Waals surface area contributed by atoms with E-state index in [0.717, 1.165) is 4.57 Å². The summed E-state index contributed by atoms with van der Waals surface area (Å²) < 4.78 is 6.35. The van der Waals surface area contributed by atoms with Crippen molar-refractivity contribution in [1.82, 2.24) is 9.55 Å². The molecule has 22 heavy (non-hydrogen) atoms. The van der Waals surface area contributed by atoms with Crippen molar-refractivity contribution < 1.29 is 25.2 Å². The van der Waals surface area contributed by atoms with Crippen molar-refractivity contribution in [2.24, 2.45) is 0 Å². The summed E-state index contributed by atoms with van der Waals surface area (Å²) in [7, 11) is 0. The minimum Gasteiger partial charge on any atom is -0.394 e. The van der Waals surface area contributed by atoms with Crippen molar-refractivity contribution in [2.75, 3.05) is 6.61 Å². The average Bonchev–Trinajstić information content (AvgIpc) is 2.89. The zero-order chi connectivity index (χ0) is 16.2. The summed E-state index contributed by atoms with van der Waals surface area (Å²) in [6, 6.07) is 2.95. The molecule has 1 aromatic heterocycles. The first-order valence-electron chi connectivity index (χ1n) is 6.27. The molecule has 0 unspecified atom stereocenters. The SMILES string of the molecule is OC[C@@H]1O[C@](O)(n2c(=S)[nH]c3cc(Cl)c(Cl)cc32)[C@H](O)[C@@H]1O. The number of benzene rings is 1. The van der Waals surface area contributed by atoms with Gasteiger partial charge in [-0.05, 0) is 24.4 Å². The number of fused-ring (bicyclic) bond motifs is 1. The molecule has 1 aromatic carbocycles. The van der Waals surface area contributed by atoms with E-state index in [1.165, 1.54) is 12.1 Å². The summed E-state index contributed by atoms with van der Waals surface area (Å²) in [6.45, 7) is -0.581. The van der Waals surface area contributed by atoms with E-state index in [0.29, 0.717) is 11.0 Å². The molecule has 0 aliphatic carbocycles. The zero-order valence-electron chi connectivity index (χ0n) is 10.9. The van der Waals surface area contributed by atoms with Crippen molar-refractivity contribution in [3.63, 3.8) is 0 Å². The van der Waals surface area contributed by atoms with Crippen molar-refractivity contribution in [1.29, 1.82) is 0 Å². The van der Waals surface area contributed by atoms with Crippen LogP contribution in [0.5, 0.6) is 0 Å². The van der Waals surface area contributed by atoms with Gasteiger partial charge in [-0.1, -0.05) is 23.2 Å². The fourth-order valence-electron chi connectivity index (χ4n) is 2.54. The van der Waals surface area contributed by atoms with Crippen LogP contribution < -0.4 is 0 Å². The Hall–Kier alpha value is -0.710. The third kappa shape index (κ3) is 2.19. The van der Waals surface area contributed by atoms with Gasteiger partial charge < -0.3 is 30.1 Å². The van der Waals surface area contributed by atoms with Crippen molar-refractivity contribution >= 4 is 46.5 Å². The highest BCUT2D eigenvalue weighted by atomic mass is 35.5. The Labute approximate surface area is 139 Å². The van der Waals surface area contributed by atoms with Gasteiger partial charge in [-0.2, -0.15) is 0 Å². The Bertz CT molecular complexity index is 794. The van der Waals surface area contributed by atoms with E-state index >= 15 is 0 Å². The Kier molecular flexibility index (Phi) is 3.99. The number of rotatable bonds is 2. The van der Waals surface area contributed by atoms with E-state index in [2.05, 4.69) is 4.98 Å². The predicted octanol–water partition coefficient (Wildman–Crippen LogP) is 0.721. The van der Waals surface area contributed by atoms with Gasteiger partial charge in [-0.25, -0.2) is 0 Å². The molecular formula is C12H12Cl2N2O5S. The number of halogens is 2. The summed E-state index contributed by atoms with van der Waals surface area (Å²) in [6.07, 6.45) is -4.36. The smallest absolute Gasteiger partial charge is 0.286 e. The van der Waals surface area contributed by atoms with Crippen LogP contribution in [0.1, 0.15) is 0 Å². The quantitative estimate of drug-likeness (QED) is 0.501. The molecule has 0 radical (unpaired) electrons. The summed E-state index contributed by atoms with van der Waals surface area (Å²) in [5.74, 6) is -2.35. The number of hydrogen-bond acceptors (Lipinski definition) is 6. The number of imidazole rings is 1. The normalized spacial score (nSPS) is 32.0. The number of nitrogens with one attached hydrogen (secondary N) is 1. The average molecular weight is 367 g/mol. The second-order valence-electron chi connectivity index (χ2n) is 4.98. The Morgan fingerprint density at radius 2 is 1.95 bits per heavy atom. The lowest BCUT2D eigenvalue weighted by Crippen LogP contribution is -2.45. The molecule has 2 aromatic rings. The van der Waals surface area contributed by atoms with Crippen LogP contribution in [-0.2, 0) is 10.6 Å². The maximum Gasteiger partial charge on any atom is 0.286 e. The lowest BCUT2D eigenvalue weighted by molar-refractivity contribution is -0.287. The molecule has 120 valence electrons. The maximum absolute atomic E-state index is 10.7. The van der Waals surface area contributed by atoms with Crippen LogP contribution in [-0.4, -0.2) is 54.9 Å². The Morgan fingerprint density at radius 3 is 2.55 bits per heavy atom. The minimum atomic E-state index is -2.35. The molecule has 1 aliphatic rings. The molecule has 5 N–H and O–H groups in total. The van der Waals surface area contributed by atoms with E-state index in [1.807, 2.05) is 0 Å². The first kappa shape index (κ1) is 16.2. The monoisotopic (exact) mass is 366 g/mol. The van der Waals surface area contributed by atoms with Crippen LogP contribution in [0.4, 0.5) is 0 Å².